The molecule has 1 aliphatic heterocycles. The molecule has 0 radical (unpaired) electrons. The van der Waals surface area contributed by atoms with E-state index in [4.69, 9.17) is 10.00 Å². The fourth-order valence-electron chi connectivity index (χ4n) is 3.64. The summed E-state index contributed by atoms with van der Waals surface area (Å²) in [5.74, 6) is 1.56. The molecule has 2 nitrogen and oxygen atoms in total. The average Bonchev–Trinajstić information content (AvgIpc) is 3.26. The van der Waals surface area contributed by atoms with Crippen molar-refractivity contribution in [3.63, 3.8) is 0 Å². The average molecular weight is 269 g/mol. The Morgan fingerprint density at radius 1 is 1.10 bits per heavy atom. The van der Waals surface area contributed by atoms with Crippen LogP contribution in [0, 0.1) is 17.2 Å². The van der Waals surface area contributed by atoms with Gasteiger partial charge >= 0.3 is 0 Å². The van der Waals surface area contributed by atoms with Gasteiger partial charge in [0, 0.05) is 0 Å². The molecule has 2 aliphatic rings. The number of benzene rings is 1. The van der Waals surface area contributed by atoms with Crippen molar-refractivity contribution < 1.29 is 4.74 Å². The zero-order valence-corrected chi connectivity index (χ0v) is 12.2. The van der Waals surface area contributed by atoms with Crippen LogP contribution in [-0.4, -0.2) is 12.2 Å². The first-order valence-corrected chi connectivity index (χ1v) is 7.95. The molecule has 0 N–H and O–H groups in total. The number of epoxide rings is 1. The molecule has 0 spiro atoms. The van der Waals surface area contributed by atoms with Gasteiger partial charge in [-0.05, 0) is 68.1 Å². The zero-order valence-electron chi connectivity index (χ0n) is 12.2. The molecule has 2 atom stereocenters. The van der Waals surface area contributed by atoms with Crippen LogP contribution in [0.1, 0.15) is 62.5 Å². The van der Waals surface area contributed by atoms with Crippen LogP contribution in [0.4, 0.5) is 0 Å². The van der Waals surface area contributed by atoms with Crippen LogP contribution < -0.4 is 0 Å². The number of hydrogen-bond donors (Lipinski definition) is 0. The third-order valence-corrected chi connectivity index (χ3v) is 5.01. The highest BCUT2D eigenvalue weighted by atomic mass is 16.6. The third-order valence-electron chi connectivity index (χ3n) is 5.01. The molecule has 0 amide bonds. The van der Waals surface area contributed by atoms with Crippen molar-refractivity contribution in [2.75, 3.05) is 0 Å². The van der Waals surface area contributed by atoms with Gasteiger partial charge in [-0.15, -0.1) is 0 Å². The van der Waals surface area contributed by atoms with Crippen LogP contribution in [-0.2, 0) is 4.74 Å². The Labute approximate surface area is 121 Å². The second-order valence-corrected chi connectivity index (χ2v) is 6.31. The summed E-state index contributed by atoms with van der Waals surface area (Å²) in [7, 11) is 0. The molecule has 20 heavy (non-hydrogen) atoms. The topological polar surface area (TPSA) is 36.3 Å². The molecular formula is C18H23NO. The van der Waals surface area contributed by atoms with Gasteiger partial charge in [0.05, 0.1) is 23.8 Å². The Bertz CT molecular complexity index is 479. The molecule has 2 heteroatoms. The molecule has 2 unspecified atom stereocenters. The van der Waals surface area contributed by atoms with Crippen LogP contribution >= 0.6 is 0 Å². The fourth-order valence-corrected chi connectivity index (χ4v) is 3.64. The van der Waals surface area contributed by atoms with Gasteiger partial charge in [-0.25, -0.2) is 0 Å². The van der Waals surface area contributed by atoms with Crippen molar-refractivity contribution in [3.05, 3.63) is 35.4 Å². The highest BCUT2D eigenvalue weighted by Crippen LogP contribution is 2.41. The molecule has 0 aromatic heterocycles. The summed E-state index contributed by atoms with van der Waals surface area (Å²) in [6.45, 7) is 2.21. The number of ether oxygens (including phenoxy) is 1. The summed E-state index contributed by atoms with van der Waals surface area (Å²) in [6.07, 6.45) is 8.83. The number of rotatable bonds is 4. The predicted octanol–water partition coefficient (Wildman–Crippen LogP) is 4.40. The Morgan fingerprint density at radius 2 is 1.80 bits per heavy atom. The lowest BCUT2D eigenvalue weighted by Crippen LogP contribution is -2.15. The van der Waals surface area contributed by atoms with Crippen LogP contribution in [0.5, 0.6) is 0 Å². The Morgan fingerprint density at radius 3 is 2.35 bits per heavy atom. The highest BCUT2D eigenvalue weighted by Gasteiger charge is 2.39. The van der Waals surface area contributed by atoms with Crippen molar-refractivity contribution in [1.29, 1.82) is 5.26 Å². The van der Waals surface area contributed by atoms with Crippen LogP contribution in [0.3, 0.4) is 0 Å². The smallest absolute Gasteiger partial charge is 0.0991 e. The van der Waals surface area contributed by atoms with Gasteiger partial charge in [0.15, 0.2) is 0 Å². The van der Waals surface area contributed by atoms with E-state index >= 15 is 0 Å². The molecular weight excluding hydrogens is 246 g/mol. The van der Waals surface area contributed by atoms with Crippen molar-refractivity contribution in [2.45, 2.75) is 63.6 Å². The standard InChI is InChI=1S/C18H23NO/c1-2-17-18(20-17)11-13-3-7-15(8-4-13)16-9-5-14(12-19)6-10-16/h5-6,9-10,13,15,17-18H,2-4,7-8,11H2,1H3/t13-,15-,17?,18?. The Kier molecular flexibility index (Phi) is 4.08. The zero-order chi connectivity index (χ0) is 13.9. The molecule has 106 valence electrons. The van der Waals surface area contributed by atoms with E-state index in [2.05, 4.69) is 25.1 Å². The monoisotopic (exact) mass is 269 g/mol. The summed E-state index contributed by atoms with van der Waals surface area (Å²) >= 11 is 0. The van der Waals surface area contributed by atoms with E-state index in [-0.39, 0.29) is 0 Å². The lowest BCUT2D eigenvalue weighted by Gasteiger charge is -2.28. The number of hydrogen-bond acceptors (Lipinski definition) is 2. The van der Waals surface area contributed by atoms with Crippen LogP contribution in [0.25, 0.3) is 0 Å². The van der Waals surface area contributed by atoms with E-state index in [1.807, 2.05) is 12.1 Å². The maximum Gasteiger partial charge on any atom is 0.0991 e. The first-order chi connectivity index (χ1) is 9.80. The molecule has 1 aromatic rings. The molecule has 1 heterocycles. The van der Waals surface area contributed by atoms with Crippen molar-refractivity contribution in [1.82, 2.24) is 0 Å². The van der Waals surface area contributed by atoms with Gasteiger partial charge in [0.1, 0.15) is 0 Å². The van der Waals surface area contributed by atoms with E-state index in [0.29, 0.717) is 18.1 Å². The minimum atomic E-state index is 0.561. The van der Waals surface area contributed by atoms with E-state index in [9.17, 15) is 0 Å². The van der Waals surface area contributed by atoms with E-state index in [1.165, 1.54) is 44.1 Å². The van der Waals surface area contributed by atoms with Crippen molar-refractivity contribution in [3.8, 4) is 6.07 Å². The summed E-state index contributed by atoms with van der Waals surface area (Å²) in [6, 6.07) is 10.4. The fraction of sp³-hybridized carbons (Fsp3) is 0.611. The van der Waals surface area contributed by atoms with Gasteiger partial charge in [0.2, 0.25) is 0 Å². The van der Waals surface area contributed by atoms with Crippen LogP contribution in [0.15, 0.2) is 24.3 Å². The highest BCUT2D eigenvalue weighted by molar-refractivity contribution is 5.33. The Balaban J connectivity index is 1.49. The maximum atomic E-state index is 8.84. The molecule has 1 aromatic carbocycles. The number of nitrogens with zero attached hydrogens (tertiary/aromatic N) is 1. The quantitative estimate of drug-likeness (QED) is 0.760. The summed E-state index contributed by atoms with van der Waals surface area (Å²) < 4.78 is 5.68. The first-order valence-electron chi connectivity index (χ1n) is 7.95. The molecule has 1 aliphatic carbocycles. The van der Waals surface area contributed by atoms with E-state index in [1.54, 1.807) is 0 Å². The minimum absolute atomic E-state index is 0.561. The Hall–Kier alpha value is -1.33. The second-order valence-electron chi connectivity index (χ2n) is 6.31. The molecule has 1 saturated heterocycles. The summed E-state index contributed by atoms with van der Waals surface area (Å²) in [4.78, 5) is 0. The lowest BCUT2D eigenvalue weighted by atomic mass is 9.77. The summed E-state index contributed by atoms with van der Waals surface area (Å²) in [5, 5.41) is 8.84. The predicted molar refractivity (Wildman–Crippen MR) is 79.4 cm³/mol. The lowest BCUT2D eigenvalue weighted by molar-refractivity contribution is 0.273. The maximum absolute atomic E-state index is 8.84. The molecule has 3 rings (SSSR count). The van der Waals surface area contributed by atoms with Crippen molar-refractivity contribution in [2.24, 2.45) is 5.92 Å². The van der Waals surface area contributed by atoms with Gasteiger partial charge < -0.3 is 4.74 Å². The second kappa shape index (κ2) is 5.97. The molecule has 1 saturated carbocycles. The normalized spacial score (nSPS) is 32.6. The van der Waals surface area contributed by atoms with E-state index in [0.717, 1.165) is 11.5 Å². The van der Waals surface area contributed by atoms with Gasteiger partial charge in [-0.3, -0.25) is 0 Å². The minimum Gasteiger partial charge on any atom is -0.370 e. The third kappa shape index (κ3) is 3.04. The van der Waals surface area contributed by atoms with Crippen molar-refractivity contribution >= 4 is 0 Å². The number of nitriles is 1. The molecule has 2 fully saturated rings. The SMILES string of the molecule is CCC1OC1C[C@H]1CC[C@H](c2ccc(C#N)cc2)CC1. The van der Waals surface area contributed by atoms with Crippen LogP contribution in [0.2, 0.25) is 0 Å². The molecule has 0 bridgehead atoms. The first kappa shape index (κ1) is 13.6. The largest absolute Gasteiger partial charge is 0.370 e. The van der Waals surface area contributed by atoms with E-state index < -0.39 is 0 Å². The van der Waals surface area contributed by atoms with Gasteiger partial charge in [-0.1, -0.05) is 19.1 Å². The van der Waals surface area contributed by atoms with Gasteiger partial charge in [0.25, 0.3) is 0 Å². The van der Waals surface area contributed by atoms with Gasteiger partial charge in [-0.2, -0.15) is 5.26 Å². The summed E-state index contributed by atoms with van der Waals surface area (Å²) in [5.41, 5.74) is 2.18.